The quantitative estimate of drug-likeness (QED) is 0.821. The Morgan fingerprint density at radius 1 is 1.24 bits per heavy atom. The molecule has 5 heteroatoms. The maximum absolute atomic E-state index is 9.11. The summed E-state index contributed by atoms with van der Waals surface area (Å²) >= 11 is 0. The predicted molar refractivity (Wildman–Crippen MR) is 84.3 cm³/mol. The third-order valence-corrected chi connectivity index (χ3v) is 3.58. The van der Waals surface area contributed by atoms with E-state index in [9.17, 15) is 0 Å². The van der Waals surface area contributed by atoms with Crippen molar-refractivity contribution in [2.75, 3.05) is 26.1 Å². The first-order valence-electron chi connectivity index (χ1n) is 7.11. The molecule has 1 atom stereocenters. The smallest absolute Gasteiger partial charge is 0.161 e. The number of anilines is 1. The Morgan fingerprint density at radius 2 is 1.95 bits per heavy atom. The van der Waals surface area contributed by atoms with Gasteiger partial charge in [-0.15, -0.1) is 0 Å². The van der Waals surface area contributed by atoms with Gasteiger partial charge in [-0.3, -0.25) is 0 Å². The number of aliphatic hydroxyl groups excluding tert-OH is 1. The first-order valence-corrected chi connectivity index (χ1v) is 7.11. The van der Waals surface area contributed by atoms with Crippen LogP contribution in [0.3, 0.4) is 0 Å². The third-order valence-electron chi connectivity index (χ3n) is 3.58. The number of aromatic nitrogens is 1. The van der Waals surface area contributed by atoms with E-state index in [0.29, 0.717) is 17.9 Å². The zero-order chi connectivity index (χ0) is 15.2. The number of fused-ring (bicyclic) bond motifs is 1. The van der Waals surface area contributed by atoms with Crippen LogP contribution in [0.5, 0.6) is 11.5 Å². The molecule has 2 rings (SSSR count). The summed E-state index contributed by atoms with van der Waals surface area (Å²) in [5, 5.41) is 14.5. The standard InChI is InChI=1S/C16H22N2O3/c1-4-12(6-8-19)18-16-13-10-15(21-3)14(20-2)9-11(13)5-7-17-16/h5,7,9-10,12,19H,4,6,8H2,1-3H3,(H,17,18). The van der Waals surface area contributed by atoms with E-state index in [-0.39, 0.29) is 12.6 Å². The van der Waals surface area contributed by atoms with Crippen molar-refractivity contribution < 1.29 is 14.6 Å². The number of rotatable bonds is 7. The molecule has 0 radical (unpaired) electrons. The van der Waals surface area contributed by atoms with Gasteiger partial charge in [0.25, 0.3) is 0 Å². The maximum Gasteiger partial charge on any atom is 0.161 e. The van der Waals surface area contributed by atoms with Gasteiger partial charge in [-0.1, -0.05) is 6.92 Å². The van der Waals surface area contributed by atoms with Gasteiger partial charge in [0.1, 0.15) is 5.82 Å². The molecule has 21 heavy (non-hydrogen) atoms. The van der Waals surface area contributed by atoms with Gasteiger partial charge >= 0.3 is 0 Å². The second-order valence-electron chi connectivity index (χ2n) is 4.85. The predicted octanol–water partition coefficient (Wildman–Crippen LogP) is 2.82. The van der Waals surface area contributed by atoms with Gasteiger partial charge in [-0.25, -0.2) is 4.98 Å². The normalized spacial score (nSPS) is 12.2. The number of nitrogens with one attached hydrogen (secondary N) is 1. The van der Waals surface area contributed by atoms with Crippen molar-refractivity contribution in [2.24, 2.45) is 0 Å². The van der Waals surface area contributed by atoms with E-state index in [0.717, 1.165) is 23.0 Å². The van der Waals surface area contributed by atoms with Gasteiger partial charge in [-0.2, -0.15) is 0 Å². The van der Waals surface area contributed by atoms with E-state index >= 15 is 0 Å². The van der Waals surface area contributed by atoms with Crippen molar-refractivity contribution in [1.29, 1.82) is 0 Å². The van der Waals surface area contributed by atoms with Gasteiger partial charge in [0, 0.05) is 24.2 Å². The largest absolute Gasteiger partial charge is 0.493 e. The van der Waals surface area contributed by atoms with E-state index in [1.165, 1.54) is 0 Å². The third kappa shape index (κ3) is 3.36. The number of hydrogen-bond acceptors (Lipinski definition) is 5. The second-order valence-corrected chi connectivity index (χ2v) is 4.85. The van der Waals surface area contributed by atoms with Crippen LogP contribution < -0.4 is 14.8 Å². The van der Waals surface area contributed by atoms with Crippen LogP contribution in [-0.4, -0.2) is 37.0 Å². The molecule has 0 bridgehead atoms. The van der Waals surface area contributed by atoms with Crippen molar-refractivity contribution in [3.63, 3.8) is 0 Å². The topological polar surface area (TPSA) is 63.6 Å². The molecule has 1 aromatic heterocycles. The molecule has 1 aromatic carbocycles. The average molecular weight is 290 g/mol. The Bertz CT molecular complexity index is 601. The van der Waals surface area contributed by atoms with Crippen LogP contribution in [0.2, 0.25) is 0 Å². The minimum Gasteiger partial charge on any atom is -0.493 e. The van der Waals surface area contributed by atoms with Crippen LogP contribution in [0.15, 0.2) is 24.4 Å². The minimum atomic E-state index is 0.160. The van der Waals surface area contributed by atoms with Gasteiger partial charge in [-0.05, 0) is 36.4 Å². The molecule has 0 aliphatic carbocycles. The number of ether oxygens (including phenoxy) is 2. The van der Waals surface area contributed by atoms with E-state index in [2.05, 4.69) is 17.2 Å². The molecule has 114 valence electrons. The van der Waals surface area contributed by atoms with E-state index in [1.807, 2.05) is 18.2 Å². The molecule has 1 unspecified atom stereocenters. The molecule has 0 spiro atoms. The molecule has 5 nitrogen and oxygen atoms in total. The molecule has 0 fully saturated rings. The summed E-state index contributed by atoms with van der Waals surface area (Å²) in [6, 6.07) is 6.00. The van der Waals surface area contributed by atoms with Gasteiger partial charge in [0.15, 0.2) is 11.5 Å². The lowest BCUT2D eigenvalue weighted by Crippen LogP contribution is -2.20. The molecular weight excluding hydrogens is 268 g/mol. The highest BCUT2D eigenvalue weighted by Gasteiger charge is 2.12. The molecule has 0 saturated heterocycles. The lowest BCUT2D eigenvalue weighted by atomic mass is 10.1. The summed E-state index contributed by atoms with van der Waals surface area (Å²) in [5.41, 5.74) is 0. The fraction of sp³-hybridized carbons (Fsp3) is 0.438. The van der Waals surface area contributed by atoms with Crippen molar-refractivity contribution >= 4 is 16.6 Å². The molecule has 0 aliphatic heterocycles. The first kappa shape index (κ1) is 15.4. The van der Waals surface area contributed by atoms with Crippen LogP contribution in [0.4, 0.5) is 5.82 Å². The fourth-order valence-electron chi connectivity index (χ4n) is 2.34. The second kappa shape index (κ2) is 7.13. The number of benzene rings is 1. The zero-order valence-corrected chi connectivity index (χ0v) is 12.7. The lowest BCUT2D eigenvalue weighted by molar-refractivity contribution is 0.278. The van der Waals surface area contributed by atoms with Crippen molar-refractivity contribution in [1.82, 2.24) is 4.98 Å². The van der Waals surface area contributed by atoms with E-state index in [1.54, 1.807) is 20.4 Å². The van der Waals surface area contributed by atoms with Crippen LogP contribution in [0, 0.1) is 0 Å². The SMILES string of the molecule is CCC(CCO)Nc1nccc2cc(OC)c(OC)cc12. The monoisotopic (exact) mass is 290 g/mol. The van der Waals surface area contributed by atoms with Crippen LogP contribution in [0.1, 0.15) is 19.8 Å². The van der Waals surface area contributed by atoms with Crippen LogP contribution in [0.25, 0.3) is 10.8 Å². The molecule has 2 aromatic rings. The Hall–Kier alpha value is -2.01. The van der Waals surface area contributed by atoms with Crippen molar-refractivity contribution in [3.8, 4) is 11.5 Å². The van der Waals surface area contributed by atoms with Gasteiger partial charge < -0.3 is 19.9 Å². The summed E-state index contributed by atoms with van der Waals surface area (Å²) < 4.78 is 10.7. The number of pyridine rings is 1. The number of aliphatic hydroxyl groups is 1. The minimum absolute atomic E-state index is 0.160. The highest BCUT2D eigenvalue weighted by Crippen LogP contribution is 2.34. The fourth-order valence-corrected chi connectivity index (χ4v) is 2.34. The Balaban J connectivity index is 2.44. The van der Waals surface area contributed by atoms with Gasteiger partial charge in [0.2, 0.25) is 0 Å². The summed E-state index contributed by atoms with van der Waals surface area (Å²) in [6.45, 7) is 2.25. The number of methoxy groups -OCH3 is 2. The summed E-state index contributed by atoms with van der Waals surface area (Å²) in [7, 11) is 3.24. The highest BCUT2D eigenvalue weighted by atomic mass is 16.5. The molecule has 0 amide bonds. The molecule has 0 saturated carbocycles. The van der Waals surface area contributed by atoms with E-state index in [4.69, 9.17) is 14.6 Å². The number of hydrogen-bond donors (Lipinski definition) is 2. The summed E-state index contributed by atoms with van der Waals surface area (Å²) in [5.74, 6) is 2.18. The summed E-state index contributed by atoms with van der Waals surface area (Å²) in [4.78, 5) is 4.42. The van der Waals surface area contributed by atoms with Gasteiger partial charge in [0.05, 0.1) is 14.2 Å². The Labute approximate surface area is 124 Å². The first-order chi connectivity index (χ1) is 10.2. The van der Waals surface area contributed by atoms with Crippen LogP contribution >= 0.6 is 0 Å². The molecular formula is C16H22N2O3. The Morgan fingerprint density at radius 3 is 2.57 bits per heavy atom. The molecule has 0 aliphatic rings. The Kier molecular flexibility index (Phi) is 5.22. The highest BCUT2D eigenvalue weighted by molar-refractivity contribution is 5.94. The molecule has 1 heterocycles. The number of nitrogens with zero attached hydrogens (tertiary/aromatic N) is 1. The zero-order valence-electron chi connectivity index (χ0n) is 12.7. The maximum atomic E-state index is 9.11. The lowest BCUT2D eigenvalue weighted by Gasteiger charge is -2.18. The van der Waals surface area contributed by atoms with Crippen molar-refractivity contribution in [2.45, 2.75) is 25.8 Å². The summed E-state index contributed by atoms with van der Waals surface area (Å²) in [6.07, 6.45) is 3.38. The molecule has 2 N–H and O–H groups in total. The average Bonchev–Trinajstić information content (AvgIpc) is 2.53. The van der Waals surface area contributed by atoms with E-state index < -0.39 is 0 Å². The van der Waals surface area contributed by atoms with Crippen molar-refractivity contribution in [3.05, 3.63) is 24.4 Å². The van der Waals surface area contributed by atoms with Crippen LogP contribution in [-0.2, 0) is 0 Å².